The van der Waals surface area contributed by atoms with Crippen LogP contribution in [0.15, 0.2) is 29.2 Å². The molecule has 0 unspecified atom stereocenters. The molecule has 0 saturated carbocycles. The molecule has 1 aliphatic heterocycles. The average molecular weight is 365 g/mol. The average Bonchev–Trinajstić information content (AvgIpc) is 2.90. The van der Waals surface area contributed by atoms with Gasteiger partial charge in [0.1, 0.15) is 5.75 Å². The second kappa shape index (κ2) is 6.49. The Hall–Kier alpha value is -2.39. The lowest BCUT2D eigenvalue weighted by Crippen LogP contribution is -2.36. The minimum Gasteiger partial charge on any atom is -0.494 e. The lowest BCUT2D eigenvalue weighted by atomic mass is 10.1. The second-order valence-corrected chi connectivity index (χ2v) is 7.63. The molecular formula is C16H19N3O5S. The van der Waals surface area contributed by atoms with Crippen molar-refractivity contribution < 1.29 is 23.1 Å². The highest BCUT2D eigenvalue weighted by molar-refractivity contribution is 7.89. The highest BCUT2D eigenvalue weighted by Crippen LogP contribution is 2.27. The number of carbonyl (C=O) groups is 1. The number of aromatic carboxylic acids is 1. The van der Waals surface area contributed by atoms with Crippen LogP contribution in [0.1, 0.15) is 28.7 Å². The summed E-state index contributed by atoms with van der Waals surface area (Å²) in [5.41, 5.74) is 1.12. The summed E-state index contributed by atoms with van der Waals surface area (Å²) in [6, 6.07) is 6.21. The van der Waals surface area contributed by atoms with Crippen molar-refractivity contribution in [1.29, 1.82) is 0 Å². The van der Waals surface area contributed by atoms with Crippen molar-refractivity contribution in [3.8, 4) is 5.75 Å². The lowest BCUT2D eigenvalue weighted by Gasteiger charge is -2.26. The summed E-state index contributed by atoms with van der Waals surface area (Å²) in [5, 5.41) is 13.5. The molecule has 0 atom stereocenters. The van der Waals surface area contributed by atoms with Crippen LogP contribution < -0.4 is 4.74 Å². The highest BCUT2D eigenvalue weighted by Gasteiger charge is 2.33. The van der Waals surface area contributed by atoms with Crippen molar-refractivity contribution in [3.05, 3.63) is 41.2 Å². The number of carboxylic acids is 1. The van der Waals surface area contributed by atoms with Gasteiger partial charge in [0, 0.05) is 32.1 Å². The van der Waals surface area contributed by atoms with Gasteiger partial charge < -0.3 is 9.84 Å². The first-order valence-corrected chi connectivity index (χ1v) is 9.29. The van der Waals surface area contributed by atoms with E-state index in [9.17, 15) is 18.3 Å². The van der Waals surface area contributed by atoms with Gasteiger partial charge in [-0.2, -0.15) is 9.40 Å². The quantitative estimate of drug-likeness (QED) is 0.856. The van der Waals surface area contributed by atoms with Crippen molar-refractivity contribution in [2.75, 3.05) is 13.2 Å². The van der Waals surface area contributed by atoms with Crippen molar-refractivity contribution >= 4 is 16.0 Å². The number of hydrogen-bond donors (Lipinski definition) is 1. The number of aryl methyl sites for hydroxylation is 1. The maximum absolute atomic E-state index is 12.9. The number of sulfonamides is 1. The predicted molar refractivity (Wildman–Crippen MR) is 89.1 cm³/mol. The molecule has 3 rings (SSSR count). The summed E-state index contributed by atoms with van der Waals surface area (Å²) < 4.78 is 33.6. The number of fused-ring (bicyclic) bond motifs is 1. The summed E-state index contributed by atoms with van der Waals surface area (Å²) in [6.45, 7) is 2.61. The highest BCUT2D eigenvalue weighted by atomic mass is 32.2. The fourth-order valence-corrected chi connectivity index (χ4v) is 4.38. The smallest absolute Gasteiger partial charge is 0.354 e. The van der Waals surface area contributed by atoms with Crippen LogP contribution in [-0.4, -0.2) is 46.7 Å². The Morgan fingerprint density at radius 1 is 1.32 bits per heavy atom. The van der Waals surface area contributed by atoms with E-state index in [4.69, 9.17) is 4.74 Å². The lowest BCUT2D eigenvalue weighted by molar-refractivity contribution is 0.0683. The molecule has 0 amide bonds. The van der Waals surface area contributed by atoms with Crippen LogP contribution in [0, 0.1) is 0 Å². The molecule has 0 bridgehead atoms. The molecule has 9 heteroatoms. The topological polar surface area (TPSA) is 102 Å². The van der Waals surface area contributed by atoms with Crippen molar-refractivity contribution in [2.45, 2.75) is 24.8 Å². The first-order chi connectivity index (χ1) is 11.8. The van der Waals surface area contributed by atoms with Crippen molar-refractivity contribution in [2.24, 2.45) is 7.05 Å². The molecular weight excluding hydrogens is 346 g/mol. The maximum atomic E-state index is 12.9. The zero-order valence-corrected chi connectivity index (χ0v) is 14.8. The molecule has 134 valence electrons. The van der Waals surface area contributed by atoms with Crippen LogP contribution in [-0.2, 0) is 30.0 Å². The first-order valence-electron chi connectivity index (χ1n) is 7.85. The zero-order chi connectivity index (χ0) is 18.2. The Morgan fingerprint density at radius 2 is 2.00 bits per heavy atom. The Labute approximate surface area is 145 Å². The van der Waals surface area contributed by atoms with Crippen LogP contribution in [0.3, 0.4) is 0 Å². The largest absolute Gasteiger partial charge is 0.494 e. The van der Waals surface area contributed by atoms with E-state index in [1.165, 1.54) is 21.1 Å². The summed E-state index contributed by atoms with van der Waals surface area (Å²) in [5.74, 6) is -0.514. The molecule has 0 saturated heterocycles. The summed E-state index contributed by atoms with van der Waals surface area (Å²) in [6.07, 6.45) is 0.382. The zero-order valence-electron chi connectivity index (χ0n) is 14.0. The van der Waals surface area contributed by atoms with Gasteiger partial charge in [-0.15, -0.1) is 0 Å². The first kappa shape index (κ1) is 17.4. The van der Waals surface area contributed by atoms with Gasteiger partial charge in [-0.3, -0.25) is 4.68 Å². The van der Waals surface area contributed by atoms with E-state index >= 15 is 0 Å². The molecule has 0 radical (unpaired) electrons. The minimum absolute atomic E-state index is 0.000349. The van der Waals surface area contributed by atoms with Crippen molar-refractivity contribution in [3.63, 3.8) is 0 Å². The molecule has 2 aromatic rings. The van der Waals surface area contributed by atoms with Crippen LogP contribution in [0.4, 0.5) is 0 Å². The van der Waals surface area contributed by atoms with Crippen LogP contribution in [0.5, 0.6) is 5.75 Å². The van der Waals surface area contributed by atoms with Crippen LogP contribution >= 0.6 is 0 Å². The maximum Gasteiger partial charge on any atom is 0.354 e. The van der Waals surface area contributed by atoms with E-state index in [1.54, 1.807) is 19.2 Å². The predicted octanol–water partition coefficient (Wildman–Crippen LogP) is 1.26. The van der Waals surface area contributed by atoms with Gasteiger partial charge in [-0.1, -0.05) is 0 Å². The number of hydrogen-bond acceptors (Lipinski definition) is 5. The Balaban J connectivity index is 1.91. The fraction of sp³-hybridized carbons (Fsp3) is 0.375. The van der Waals surface area contributed by atoms with Crippen LogP contribution in [0.2, 0.25) is 0 Å². The number of nitrogens with zero attached hydrogens (tertiary/aromatic N) is 3. The molecule has 1 aromatic carbocycles. The van der Waals surface area contributed by atoms with Gasteiger partial charge in [0.2, 0.25) is 10.0 Å². The van der Waals surface area contributed by atoms with Gasteiger partial charge in [0.15, 0.2) is 5.69 Å². The molecule has 0 spiro atoms. The van der Waals surface area contributed by atoms with Gasteiger partial charge in [0.25, 0.3) is 0 Å². The van der Waals surface area contributed by atoms with E-state index < -0.39 is 16.0 Å². The molecule has 1 aromatic heterocycles. The molecule has 8 nitrogen and oxygen atoms in total. The molecule has 0 fully saturated rings. The number of carboxylic acid groups (broad SMARTS) is 1. The van der Waals surface area contributed by atoms with Crippen LogP contribution in [0.25, 0.3) is 0 Å². The normalized spacial score (nSPS) is 15.0. The van der Waals surface area contributed by atoms with Gasteiger partial charge in [0.05, 0.1) is 17.2 Å². The third-order valence-electron chi connectivity index (χ3n) is 4.14. The van der Waals surface area contributed by atoms with Gasteiger partial charge in [-0.25, -0.2) is 13.2 Å². The Bertz CT molecular complexity index is 903. The summed E-state index contributed by atoms with van der Waals surface area (Å²) in [4.78, 5) is 11.6. The van der Waals surface area contributed by atoms with E-state index in [1.807, 2.05) is 6.92 Å². The van der Waals surface area contributed by atoms with E-state index in [-0.39, 0.29) is 23.7 Å². The number of rotatable bonds is 5. The SMILES string of the molecule is CCOc1ccc(S(=O)(=O)N2CCc3nn(C)c(C(=O)O)c3C2)cc1. The third-order valence-corrected chi connectivity index (χ3v) is 6.00. The third kappa shape index (κ3) is 3.12. The number of benzene rings is 1. The molecule has 1 aliphatic rings. The Morgan fingerprint density at radius 3 is 2.60 bits per heavy atom. The molecule has 0 aliphatic carbocycles. The summed E-state index contributed by atoms with van der Waals surface area (Å²) in [7, 11) is -2.17. The molecule has 25 heavy (non-hydrogen) atoms. The van der Waals surface area contributed by atoms with E-state index in [0.717, 1.165) is 0 Å². The Kier molecular flexibility index (Phi) is 4.53. The van der Waals surface area contributed by atoms with E-state index in [0.29, 0.717) is 30.0 Å². The standard InChI is InChI=1S/C16H19N3O5S/c1-3-24-11-4-6-12(7-5-11)25(22,23)19-9-8-14-13(10-19)15(16(20)21)18(2)17-14/h4-7H,3,8-10H2,1-2H3,(H,20,21). The fourth-order valence-electron chi connectivity index (χ4n) is 2.97. The molecule has 1 N–H and O–H groups in total. The second-order valence-electron chi connectivity index (χ2n) is 5.70. The monoisotopic (exact) mass is 365 g/mol. The minimum atomic E-state index is -3.72. The van der Waals surface area contributed by atoms with Gasteiger partial charge in [-0.05, 0) is 31.2 Å². The number of aromatic nitrogens is 2. The van der Waals surface area contributed by atoms with E-state index in [2.05, 4.69) is 5.10 Å². The van der Waals surface area contributed by atoms with Crippen molar-refractivity contribution in [1.82, 2.24) is 14.1 Å². The number of ether oxygens (including phenoxy) is 1. The van der Waals surface area contributed by atoms with Gasteiger partial charge >= 0.3 is 5.97 Å². The summed E-state index contributed by atoms with van der Waals surface area (Å²) >= 11 is 0. The molecule has 2 heterocycles.